The van der Waals surface area contributed by atoms with Crippen molar-refractivity contribution in [2.45, 2.75) is 33.7 Å². The van der Waals surface area contributed by atoms with E-state index in [1.165, 1.54) is 12.1 Å². The van der Waals surface area contributed by atoms with Gasteiger partial charge in [0.25, 0.3) is 5.69 Å². The Kier molecular flexibility index (Phi) is 7.47. The fourth-order valence-corrected chi connectivity index (χ4v) is 2.34. The first-order valence-corrected chi connectivity index (χ1v) is 7.68. The van der Waals surface area contributed by atoms with Crippen molar-refractivity contribution < 1.29 is 19.6 Å². The largest absolute Gasteiger partial charge is 0.494 e. The molecule has 1 unspecified atom stereocenters. The molecule has 1 rings (SSSR count). The summed E-state index contributed by atoms with van der Waals surface area (Å²) in [5, 5.41) is 23.2. The van der Waals surface area contributed by atoms with Crippen LogP contribution in [0, 0.1) is 22.0 Å². The third kappa shape index (κ3) is 6.23. The van der Waals surface area contributed by atoms with E-state index in [1.807, 2.05) is 20.8 Å². The van der Waals surface area contributed by atoms with Crippen molar-refractivity contribution >= 4 is 11.7 Å². The van der Waals surface area contributed by atoms with Gasteiger partial charge in [-0.2, -0.15) is 0 Å². The molecule has 0 saturated heterocycles. The van der Waals surface area contributed by atoms with E-state index >= 15 is 0 Å². The zero-order valence-electron chi connectivity index (χ0n) is 13.7. The quantitative estimate of drug-likeness (QED) is 0.507. The van der Waals surface area contributed by atoms with Gasteiger partial charge in [0.05, 0.1) is 17.4 Å². The molecule has 0 aromatic heterocycles. The number of hydrogen-bond acceptors (Lipinski definition) is 5. The van der Waals surface area contributed by atoms with Crippen LogP contribution in [0.5, 0.6) is 5.75 Å². The highest BCUT2D eigenvalue weighted by Gasteiger charge is 2.19. The lowest BCUT2D eigenvalue weighted by Gasteiger charge is -2.16. The van der Waals surface area contributed by atoms with E-state index < -0.39 is 16.8 Å². The maximum atomic E-state index is 11.2. The van der Waals surface area contributed by atoms with Crippen LogP contribution in [0.4, 0.5) is 5.69 Å². The smallest absolute Gasteiger partial charge is 0.307 e. The number of carboxylic acids is 1. The van der Waals surface area contributed by atoms with Crippen LogP contribution in [0.3, 0.4) is 0 Å². The summed E-state index contributed by atoms with van der Waals surface area (Å²) in [7, 11) is 0. The normalized spacial score (nSPS) is 12.2. The van der Waals surface area contributed by atoms with E-state index in [9.17, 15) is 20.0 Å². The van der Waals surface area contributed by atoms with Crippen molar-refractivity contribution in [3.8, 4) is 5.75 Å². The Balaban J connectivity index is 2.76. The molecule has 0 aliphatic rings. The molecule has 23 heavy (non-hydrogen) atoms. The van der Waals surface area contributed by atoms with Gasteiger partial charge in [-0.15, -0.1) is 0 Å². The van der Waals surface area contributed by atoms with E-state index in [4.69, 9.17) is 4.74 Å². The lowest BCUT2D eigenvalue weighted by molar-refractivity contribution is -0.384. The summed E-state index contributed by atoms with van der Waals surface area (Å²) in [4.78, 5) is 21.7. The minimum atomic E-state index is -0.838. The standard InChI is InChI=1S/C16H24N2O5/c1-4-23-15-6-5-14(18(21)22)8-12(15)9-17-10-13(16(19)20)7-11(2)3/h5-6,8,11,13,17H,4,7,9-10H2,1-3H3,(H,19,20). The topological polar surface area (TPSA) is 102 Å². The number of aliphatic carboxylic acids is 1. The van der Waals surface area contributed by atoms with Gasteiger partial charge < -0.3 is 15.2 Å². The summed E-state index contributed by atoms with van der Waals surface area (Å²) in [6.07, 6.45) is 0.579. The molecule has 0 fully saturated rings. The van der Waals surface area contributed by atoms with Crippen molar-refractivity contribution in [1.29, 1.82) is 0 Å². The van der Waals surface area contributed by atoms with Crippen LogP contribution >= 0.6 is 0 Å². The number of rotatable bonds is 10. The lowest BCUT2D eigenvalue weighted by Crippen LogP contribution is -2.29. The molecule has 7 nitrogen and oxygen atoms in total. The molecule has 0 bridgehead atoms. The number of nitrogens with zero attached hydrogens (tertiary/aromatic N) is 1. The Labute approximate surface area is 135 Å². The van der Waals surface area contributed by atoms with Crippen molar-refractivity contribution in [2.75, 3.05) is 13.2 Å². The molecule has 0 aliphatic carbocycles. The molecule has 1 atom stereocenters. The zero-order chi connectivity index (χ0) is 17.4. The van der Waals surface area contributed by atoms with Gasteiger partial charge in [-0.25, -0.2) is 0 Å². The minimum Gasteiger partial charge on any atom is -0.494 e. The first-order chi connectivity index (χ1) is 10.8. The highest BCUT2D eigenvalue weighted by molar-refractivity contribution is 5.70. The number of non-ortho nitro benzene ring substituents is 1. The summed E-state index contributed by atoms with van der Waals surface area (Å²) in [6.45, 7) is 6.87. The summed E-state index contributed by atoms with van der Waals surface area (Å²) < 4.78 is 5.46. The number of nitro benzene ring substituents is 1. The van der Waals surface area contributed by atoms with Crippen LogP contribution in [-0.2, 0) is 11.3 Å². The van der Waals surface area contributed by atoms with Gasteiger partial charge in [-0.05, 0) is 25.3 Å². The first-order valence-electron chi connectivity index (χ1n) is 7.68. The number of hydrogen-bond donors (Lipinski definition) is 2. The second-order valence-electron chi connectivity index (χ2n) is 5.78. The molecule has 0 saturated carbocycles. The Morgan fingerprint density at radius 1 is 1.43 bits per heavy atom. The zero-order valence-corrected chi connectivity index (χ0v) is 13.7. The number of ether oxygens (including phenoxy) is 1. The highest BCUT2D eigenvalue weighted by atomic mass is 16.6. The predicted molar refractivity (Wildman–Crippen MR) is 86.6 cm³/mol. The number of carbonyl (C=O) groups is 1. The number of nitro groups is 1. The summed E-state index contributed by atoms with van der Waals surface area (Å²) in [5.41, 5.74) is 0.636. The van der Waals surface area contributed by atoms with Crippen molar-refractivity contribution in [3.05, 3.63) is 33.9 Å². The van der Waals surface area contributed by atoms with Gasteiger partial charge in [0, 0.05) is 30.8 Å². The summed E-state index contributed by atoms with van der Waals surface area (Å²) >= 11 is 0. The van der Waals surface area contributed by atoms with E-state index in [-0.39, 0.29) is 11.6 Å². The van der Waals surface area contributed by atoms with E-state index in [2.05, 4.69) is 5.32 Å². The molecule has 0 radical (unpaired) electrons. The van der Waals surface area contributed by atoms with Crippen LogP contribution in [-0.4, -0.2) is 29.2 Å². The molecular formula is C16H24N2O5. The third-order valence-corrected chi connectivity index (χ3v) is 3.37. The predicted octanol–water partition coefficient (Wildman–Crippen LogP) is 2.83. The molecule has 0 aliphatic heterocycles. The van der Waals surface area contributed by atoms with Gasteiger partial charge >= 0.3 is 5.97 Å². The van der Waals surface area contributed by atoms with Crippen LogP contribution in [0.1, 0.15) is 32.8 Å². The van der Waals surface area contributed by atoms with Gasteiger partial charge in [0.1, 0.15) is 5.75 Å². The third-order valence-electron chi connectivity index (χ3n) is 3.37. The number of benzene rings is 1. The van der Waals surface area contributed by atoms with Crippen LogP contribution in [0.25, 0.3) is 0 Å². The van der Waals surface area contributed by atoms with Crippen molar-refractivity contribution in [1.82, 2.24) is 5.32 Å². The Morgan fingerprint density at radius 2 is 2.13 bits per heavy atom. The second kappa shape index (κ2) is 9.09. The SMILES string of the molecule is CCOc1ccc([N+](=O)[O-])cc1CNCC(CC(C)C)C(=O)O. The molecule has 1 aromatic rings. The average molecular weight is 324 g/mol. The molecule has 2 N–H and O–H groups in total. The Morgan fingerprint density at radius 3 is 2.65 bits per heavy atom. The highest BCUT2D eigenvalue weighted by Crippen LogP contribution is 2.24. The van der Waals surface area contributed by atoms with Gasteiger partial charge in [0.15, 0.2) is 0 Å². The number of nitrogens with one attached hydrogen (secondary N) is 1. The summed E-state index contributed by atoms with van der Waals surface area (Å²) in [6, 6.07) is 4.42. The summed E-state index contributed by atoms with van der Waals surface area (Å²) in [5.74, 6) is -0.462. The molecule has 0 heterocycles. The minimum absolute atomic E-state index is 0.0118. The fraction of sp³-hybridized carbons (Fsp3) is 0.562. The van der Waals surface area contributed by atoms with Crippen LogP contribution in [0.15, 0.2) is 18.2 Å². The second-order valence-corrected chi connectivity index (χ2v) is 5.78. The van der Waals surface area contributed by atoms with Crippen LogP contribution < -0.4 is 10.1 Å². The van der Waals surface area contributed by atoms with Crippen molar-refractivity contribution in [3.63, 3.8) is 0 Å². The maximum absolute atomic E-state index is 11.2. The average Bonchev–Trinajstić information content (AvgIpc) is 2.47. The Hall–Kier alpha value is -2.15. The molecule has 7 heteroatoms. The molecule has 128 valence electrons. The van der Waals surface area contributed by atoms with E-state index in [0.29, 0.717) is 37.4 Å². The molecule has 0 amide bonds. The van der Waals surface area contributed by atoms with Gasteiger partial charge in [-0.1, -0.05) is 13.8 Å². The van der Waals surface area contributed by atoms with Crippen LogP contribution in [0.2, 0.25) is 0 Å². The lowest BCUT2D eigenvalue weighted by atomic mass is 9.97. The first kappa shape index (κ1) is 18.9. The van der Waals surface area contributed by atoms with E-state index in [1.54, 1.807) is 6.07 Å². The van der Waals surface area contributed by atoms with E-state index in [0.717, 1.165) is 0 Å². The molecule has 0 spiro atoms. The monoisotopic (exact) mass is 324 g/mol. The maximum Gasteiger partial charge on any atom is 0.307 e. The van der Waals surface area contributed by atoms with Gasteiger partial charge in [0.2, 0.25) is 0 Å². The molecular weight excluding hydrogens is 300 g/mol. The van der Waals surface area contributed by atoms with Gasteiger partial charge in [-0.3, -0.25) is 14.9 Å². The molecule has 1 aromatic carbocycles. The fourth-order valence-electron chi connectivity index (χ4n) is 2.34. The Bertz CT molecular complexity index is 545. The number of carboxylic acid groups (broad SMARTS) is 1. The van der Waals surface area contributed by atoms with Crippen molar-refractivity contribution in [2.24, 2.45) is 11.8 Å².